The molecular weight excluding hydrogens is 219 g/mol. The van der Waals surface area contributed by atoms with E-state index in [0.717, 1.165) is 0 Å². The number of aliphatic carboxylic acids is 1. The van der Waals surface area contributed by atoms with E-state index in [1.165, 1.54) is 5.32 Å². The Hall–Kier alpha value is -1.31. The Morgan fingerprint density at radius 3 is 2.20 bits per heavy atom. The van der Waals surface area contributed by atoms with E-state index < -0.39 is 30.0 Å². The highest BCUT2D eigenvalue weighted by Gasteiger charge is 2.48. The minimum atomic E-state index is -5.00. The molecule has 86 valence electrons. The van der Waals surface area contributed by atoms with Gasteiger partial charge in [0, 0.05) is 6.54 Å². The third-order valence-corrected chi connectivity index (χ3v) is 2.06. The monoisotopic (exact) mass is 227 g/mol. The van der Waals surface area contributed by atoms with Gasteiger partial charge in [0.05, 0.1) is 13.2 Å². The summed E-state index contributed by atoms with van der Waals surface area (Å²) in [4.78, 5) is 21.1. The van der Waals surface area contributed by atoms with Crippen LogP contribution in [0.2, 0.25) is 0 Å². The second kappa shape index (κ2) is 3.69. The summed E-state index contributed by atoms with van der Waals surface area (Å²) in [5, 5.41) is 10.2. The highest BCUT2D eigenvalue weighted by atomic mass is 19.4. The first-order valence-corrected chi connectivity index (χ1v) is 3.94. The Morgan fingerprint density at radius 2 is 1.93 bits per heavy atom. The number of hydrogen-bond donors (Lipinski definition) is 2. The third-order valence-electron chi connectivity index (χ3n) is 2.06. The van der Waals surface area contributed by atoms with E-state index >= 15 is 0 Å². The topological polar surface area (TPSA) is 75.6 Å². The Kier molecular flexibility index (Phi) is 2.89. The second-order valence-corrected chi connectivity index (χ2v) is 3.26. The van der Waals surface area contributed by atoms with Crippen molar-refractivity contribution in [1.29, 1.82) is 0 Å². The Morgan fingerprint density at radius 1 is 1.40 bits per heavy atom. The highest BCUT2D eigenvalue weighted by molar-refractivity contribution is 5.83. The van der Waals surface area contributed by atoms with E-state index in [1.54, 1.807) is 0 Å². The molecule has 2 N–H and O–H groups in total. The Labute approximate surface area is 82.2 Å². The predicted octanol–water partition coefficient (Wildman–Crippen LogP) is -0.234. The summed E-state index contributed by atoms with van der Waals surface area (Å²) >= 11 is 0. The number of amides is 1. The molecule has 8 heteroatoms. The fourth-order valence-electron chi connectivity index (χ4n) is 0.999. The molecule has 1 fully saturated rings. The van der Waals surface area contributed by atoms with E-state index in [-0.39, 0.29) is 13.2 Å². The number of carboxylic acids is 1. The van der Waals surface area contributed by atoms with Crippen molar-refractivity contribution in [3.63, 3.8) is 0 Å². The normalized spacial score (nSPS) is 19.1. The summed E-state index contributed by atoms with van der Waals surface area (Å²) in [6.45, 7) is -0.971. The first kappa shape index (κ1) is 11.8. The van der Waals surface area contributed by atoms with Crippen LogP contribution in [-0.2, 0) is 14.3 Å². The lowest BCUT2D eigenvalue weighted by molar-refractivity contribution is -0.184. The molecule has 1 heterocycles. The van der Waals surface area contributed by atoms with Gasteiger partial charge in [0.15, 0.2) is 0 Å². The lowest BCUT2D eigenvalue weighted by Crippen LogP contribution is -2.57. The maximum Gasteiger partial charge on any atom is 0.471 e. The summed E-state index contributed by atoms with van der Waals surface area (Å²) < 4.78 is 39.9. The molecule has 0 spiro atoms. The number of carboxylic acid groups (broad SMARTS) is 1. The molecule has 15 heavy (non-hydrogen) atoms. The average Bonchev–Trinajstić information content (AvgIpc) is 1.99. The summed E-state index contributed by atoms with van der Waals surface area (Å²) in [5.74, 6) is -3.42. The van der Waals surface area contributed by atoms with Crippen LogP contribution in [0.4, 0.5) is 13.2 Å². The number of hydrogen-bond acceptors (Lipinski definition) is 3. The third kappa shape index (κ3) is 2.38. The van der Waals surface area contributed by atoms with Gasteiger partial charge in [-0.05, 0) is 0 Å². The van der Waals surface area contributed by atoms with Crippen LogP contribution < -0.4 is 5.32 Å². The zero-order valence-electron chi connectivity index (χ0n) is 7.43. The SMILES string of the molecule is O=C(NCC1(C(=O)O)COC1)C(F)(F)F. The van der Waals surface area contributed by atoms with Gasteiger partial charge in [0.25, 0.3) is 0 Å². The van der Waals surface area contributed by atoms with Crippen molar-refractivity contribution in [2.45, 2.75) is 6.18 Å². The van der Waals surface area contributed by atoms with E-state index in [4.69, 9.17) is 5.11 Å². The minimum absolute atomic E-state index is 0.194. The largest absolute Gasteiger partial charge is 0.481 e. The van der Waals surface area contributed by atoms with Crippen molar-refractivity contribution in [3.8, 4) is 0 Å². The summed E-state index contributed by atoms with van der Waals surface area (Å²) in [5.41, 5.74) is -1.42. The number of rotatable bonds is 3. The van der Waals surface area contributed by atoms with Crippen molar-refractivity contribution in [3.05, 3.63) is 0 Å². The summed E-state index contributed by atoms with van der Waals surface area (Å²) in [7, 11) is 0. The minimum Gasteiger partial charge on any atom is -0.481 e. The Bertz CT molecular complexity index is 284. The van der Waals surface area contributed by atoms with Gasteiger partial charge in [-0.1, -0.05) is 0 Å². The number of ether oxygens (including phenoxy) is 1. The molecule has 5 nitrogen and oxygen atoms in total. The number of carbonyl (C=O) groups is 2. The molecule has 1 aliphatic rings. The molecule has 0 saturated carbocycles. The van der Waals surface area contributed by atoms with Crippen LogP contribution in [0.15, 0.2) is 0 Å². The van der Waals surface area contributed by atoms with Crippen LogP contribution in [0.25, 0.3) is 0 Å². The van der Waals surface area contributed by atoms with E-state index in [1.807, 2.05) is 0 Å². The molecule has 1 aliphatic heterocycles. The van der Waals surface area contributed by atoms with Crippen LogP contribution in [0.5, 0.6) is 0 Å². The average molecular weight is 227 g/mol. The quantitative estimate of drug-likeness (QED) is 0.698. The zero-order chi connectivity index (χ0) is 11.7. The van der Waals surface area contributed by atoms with Crippen molar-refractivity contribution in [2.24, 2.45) is 5.41 Å². The van der Waals surface area contributed by atoms with Gasteiger partial charge in [-0.25, -0.2) is 0 Å². The fourth-order valence-corrected chi connectivity index (χ4v) is 0.999. The Balaban J connectivity index is 2.49. The lowest BCUT2D eigenvalue weighted by Gasteiger charge is -2.37. The first-order valence-electron chi connectivity index (χ1n) is 3.94. The summed E-state index contributed by atoms with van der Waals surface area (Å²) in [6, 6.07) is 0. The van der Waals surface area contributed by atoms with Gasteiger partial charge < -0.3 is 15.2 Å². The molecule has 0 aromatic carbocycles. The van der Waals surface area contributed by atoms with Gasteiger partial charge in [-0.15, -0.1) is 0 Å². The van der Waals surface area contributed by atoms with Crippen molar-refractivity contribution in [2.75, 3.05) is 19.8 Å². The molecule has 0 radical (unpaired) electrons. The highest BCUT2D eigenvalue weighted by Crippen LogP contribution is 2.27. The molecule has 0 aromatic rings. The standard InChI is InChI=1S/C7H8F3NO4/c8-7(9,10)4(12)11-1-6(5(13)14)2-15-3-6/h1-3H2,(H,11,12)(H,13,14). The van der Waals surface area contributed by atoms with E-state index in [9.17, 15) is 22.8 Å². The second-order valence-electron chi connectivity index (χ2n) is 3.26. The smallest absolute Gasteiger partial charge is 0.471 e. The fraction of sp³-hybridized carbons (Fsp3) is 0.714. The lowest BCUT2D eigenvalue weighted by atomic mass is 9.86. The predicted molar refractivity (Wildman–Crippen MR) is 40.0 cm³/mol. The van der Waals surface area contributed by atoms with Crippen molar-refractivity contribution in [1.82, 2.24) is 5.32 Å². The number of nitrogens with one attached hydrogen (secondary N) is 1. The molecule has 0 bridgehead atoms. The maximum absolute atomic E-state index is 11.8. The van der Waals surface area contributed by atoms with Crippen LogP contribution in [-0.4, -0.2) is 42.9 Å². The molecule has 1 saturated heterocycles. The van der Waals surface area contributed by atoms with Gasteiger partial charge in [-0.3, -0.25) is 9.59 Å². The molecule has 0 atom stereocenters. The molecule has 1 rings (SSSR count). The van der Waals surface area contributed by atoms with Crippen LogP contribution in [0, 0.1) is 5.41 Å². The van der Waals surface area contributed by atoms with Crippen LogP contribution in [0.1, 0.15) is 0 Å². The molecule has 0 aliphatic carbocycles. The van der Waals surface area contributed by atoms with Gasteiger partial charge in [0.1, 0.15) is 5.41 Å². The molecular formula is C7H8F3NO4. The van der Waals surface area contributed by atoms with E-state index in [0.29, 0.717) is 0 Å². The zero-order valence-corrected chi connectivity index (χ0v) is 7.43. The summed E-state index contributed by atoms with van der Waals surface area (Å²) in [6.07, 6.45) is -5.00. The van der Waals surface area contributed by atoms with Crippen LogP contribution in [0.3, 0.4) is 0 Å². The van der Waals surface area contributed by atoms with E-state index in [2.05, 4.69) is 4.74 Å². The molecule has 0 unspecified atom stereocenters. The molecule has 1 amide bonds. The first-order chi connectivity index (χ1) is 6.78. The molecule has 0 aromatic heterocycles. The number of carbonyl (C=O) groups excluding carboxylic acids is 1. The van der Waals surface area contributed by atoms with Gasteiger partial charge >= 0.3 is 18.1 Å². The van der Waals surface area contributed by atoms with Crippen molar-refractivity contribution >= 4 is 11.9 Å². The number of alkyl halides is 3. The number of halogens is 3. The van der Waals surface area contributed by atoms with Gasteiger partial charge in [0.2, 0.25) is 0 Å². The van der Waals surface area contributed by atoms with Gasteiger partial charge in [-0.2, -0.15) is 13.2 Å². The maximum atomic E-state index is 11.8. The van der Waals surface area contributed by atoms with Crippen LogP contribution >= 0.6 is 0 Å². The van der Waals surface area contributed by atoms with Crippen molar-refractivity contribution < 1.29 is 32.6 Å².